The molecule has 0 aliphatic carbocycles. The SMILES string of the molecule is CC(C)c1c(C(=O)Nc2ccccc2)c(-c2ccccc2)c(-c2ccc(F)cc2)n1CC[C@H](O)C[C@H](O)C(O)C(=O)O.O.O. The predicted octanol–water partition coefficient (Wildman–Crippen LogP) is 3.64. The van der Waals surface area contributed by atoms with Crippen molar-refractivity contribution >= 4 is 17.6 Å². The molecule has 0 bridgehead atoms. The Morgan fingerprint density at radius 2 is 1.41 bits per heavy atom. The third kappa shape index (κ3) is 8.16. The van der Waals surface area contributed by atoms with E-state index in [0.29, 0.717) is 33.8 Å². The predicted molar refractivity (Wildman–Crippen MR) is 166 cm³/mol. The van der Waals surface area contributed by atoms with Crippen LogP contribution < -0.4 is 5.32 Å². The zero-order valence-corrected chi connectivity index (χ0v) is 24.4. The van der Waals surface area contributed by atoms with E-state index in [1.54, 1.807) is 24.3 Å². The molecule has 4 aromatic rings. The lowest BCUT2D eigenvalue weighted by Crippen LogP contribution is -2.36. The molecule has 1 heterocycles. The zero-order valence-electron chi connectivity index (χ0n) is 24.4. The molecule has 3 aromatic carbocycles. The molecule has 0 saturated heterocycles. The highest BCUT2D eigenvalue weighted by Crippen LogP contribution is 2.42. The Morgan fingerprint density at radius 3 is 1.95 bits per heavy atom. The number of aromatic nitrogens is 1. The number of aliphatic hydroxyl groups excluding tert-OH is 3. The van der Waals surface area contributed by atoms with Crippen molar-refractivity contribution in [2.45, 2.75) is 57.5 Å². The summed E-state index contributed by atoms with van der Waals surface area (Å²) in [5.41, 5.74) is 4.49. The van der Waals surface area contributed by atoms with Crippen molar-refractivity contribution < 1.29 is 45.4 Å². The highest BCUT2D eigenvalue weighted by Gasteiger charge is 2.31. The normalized spacial score (nSPS) is 12.9. The summed E-state index contributed by atoms with van der Waals surface area (Å²) in [6, 6.07) is 24.5. The lowest BCUT2D eigenvalue weighted by atomic mass is 9.94. The van der Waals surface area contributed by atoms with E-state index in [0.717, 1.165) is 5.56 Å². The summed E-state index contributed by atoms with van der Waals surface area (Å²) in [7, 11) is 0. The molecule has 11 heteroatoms. The second-order valence-corrected chi connectivity index (χ2v) is 10.5. The first-order chi connectivity index (χ1) is 20.1. The van der Waals surface area contributed by atoms with E-state index in [1.807, 2.05) is 66.9 Å². The number of carbonyl (C=O) groups excluding carboxylic acids is 1. The number of aliphatic carboxylic acids is 1. The quantitative estimate of drug-likeness (QED) is 0.162. The lowest BCUT2D eigenvalue weighted by Gasteiger charge is -2.21. The summed E-state index contributed by atoms with van der Waals surface area (Å²) in [5, 5.41) is 42.5. The van der Waals surface area contributed by atoms with Gasteiger partial charge in [-0.25, -0.2) is 9.18 Å². The number of benzene rings is 3. The van der Waals surface area contributed by atoms with Gasteiger partial charge in [0.15, 0.2) is 6.10 Å². The minimum atomic E-state index is -2.02. The van der Waals surface area contributed by atoms with Gasteiger partial charge in [0.05, 0.1) is 23.5 Å². The van der Waals surface area contributed by atoms with Gasteiger partial charge < -0.3 is 41.3 Å². The molecule has 4 rings (SSSR count). The number of halogens is 1. The van der Waals surface area contributed by atoms with Gasteiger partial charge >= 0.3 is 5.97 Å². The Kier molecular flexibility index (Phi) is 12.9. The maximum Gasteiger partial charge on any atom is 0.335 e. The molecule has 236 valence electrons. The average Bonchev–Trinajstić information content (AvgIpc) is 3.32. The molecule has 0 aliphatic heterocycles. The molecule has 1 amide bonds. The number of aliphatic hydroxyl groups is 3. The summed E-state index contributed by atoms with van der Waals surface area (Å²) < 4.78 is 16.0. The number of nitrogens with zero attached hydrogens (tertiary/aromatic N) is 1. The van der Waals surface area contributed by atoms with Crippen molar-refractivity contribution in [2.24, 2.45) is 0 Å². The molecule has 1 unspecified atom stereocenters. The van der Waals surface area contributed by atoms with Crippen LogP contribution in [0.4, 0.5) is 10.1 Å². The number of amides is 1. The van der Waals surface area contributed by atoms with E-state index in [9.17, 15) is 29.3 Å². The Balaban J connectivity index is 0.00000337. The van der Waals surface area contributed by atoms with Crippen LogP contribution in [0.3, 0.4) is 0 Å². The first-order valence-corrected chi connectivity index (χ1v) is 13.8. The number of carboxylic acids is 1. The topological polar surface area (TPSA) is 195 Å². The maximum atomic E-state index is 14.1. The van der Waals surface area contributed by atoms with Crippen LogP contribution in [0.5, 0.6) is 0 Å². The average molecular weight is 611 g/mol. The second kappa shape index (κ2) is 15.9. The van der Waals surface area contributed by atoms with Crippen LogP contribution in [0.1, 0.15) is 48.7 Å². The number of hydrogen-bond donors (Lipinski definition) is 5. The van der Waals surface area contributed by atoms with Crippen molar-refractivity contribution in [3.63, 3.8) is 0 Å². The maximum absolute atomic E-state index is 14.1. The Labute approximate surface area is 254 Å². The molecule has 9 N–H and O–H groups in total. The summed E-state index contributed by atoms with van der Waals surface area (Å²) in [5.74, 6) is -2.48. The number of carbonyl (C=O) groups is 2. The Bertz CT molecular complexity index is 1510. The smallest absolute Gasteiger partial charge is 0.335 e. The van der Waals surface area contributed by atoms with Crippen LogP contribution in [0, 0.1) is 5.82 Å². The zero-order chi connectivity index (χ0) is 30.4. The number of para-hydroxylation sites is 1. The number of carboxylic acid groups (broad SMARTS) is 1. The van der Waals surface area contributed by atoms with Gasteiger partial charge in [-0.05, 0) is 59.9 Å². The van der Waals surface area contributed by atoms with E-state index in [2.05, 4.69) is 5.32 Å². The summed E-state index contributed by atoms with van der Waals surface area (Å²) >= 11 is 0. The van der Waals surface area contributed by atoms with Crippen LogP contribution >= 0.6 is 0 Å². The van der Waals surface area contributed by atoms with Gasteiger partial charge in [0.25, 0.3) is 5.91 Å². The molecule has 1 aromatic heterocycles. The van der Waals surface area contributed by atoms with Crippen molar-refractivity contribution in [3.8, 4) is 22.4 Å². The van der Waals surface area contributed by atoms with Gasteiger partial charge in [0.2, 0.25) is 0 Å². The van der Waals surface area contributed by atoms with E-state index in [4.69, 9.17) is 5.11 Å². The van der Waals surface area contributed by atoms with Crippen molar-refractivity contribution in [3.05, 3.63) is 102 Å². The number of hydrogen-bond acceptors (Lipinski definition) is 5. The Morgan fingerprint density at radius 1 is 0.841 bits per heavy atom. The first-order valence-electron chi connectivity index (χ1n) is 13.8. The van der Waals surface area contributed by atoms with Gasteiger partial charge in [0, 0.05) is 29.9 Å². The molecule has 0 spiro atoms. The van der Waals surface area contributed by atoms with Gasteiger partial charge in [0.1, 0.15) is 5.82 Å². The monoisotopic (exact) mass is 610 g/mol. The fourth-order valence-corrected chi connectivity index (χ4v) is 5.18. The third-order valence-corrected chi connectivity index (χ3v) is 7.11. The summed E-state index contributed by atoms with van der Waals surface area (Å²) in [6.07, 6.45) is -5.11. The van der Waals surface area contributed by atoms with Crippen molar-refractivity contribution in [1.29, 1.82) is 0 Å². The minimum Gasteiger partial charge on any atom is -0.479 e. The van der Waals surface area contributed by atoms with Crippen LogP contribution in [0.2, 0.25) is 0 Å². The highest BCUT2D eigenvalue weighted by molar-refractivity contribution is 6.12. The molecule has 0 radical (unpaired) electrons. The number of rotatable bonds is 12. The van der Waals surface area contributed by atoms with Gasteiger partial charge in [-0.3, -0.25) is 4.79 Å². The van der Waals surface area contributed by atoms with Crippen molar-refractivity contribution in [1.82, 2.24) is 4.57 Å². The molecular formula is C33H39FN2O8. The molecule has 0 saturated carbocycles. The third-order valence-electron chi connectivity index (χ3n) is 7.11. The molecule has 44 heavy (non-hydrogen) atoms. The van der Waals surface area contributed by atoms with E-state index in [-0.39, 0.29) is 42.2 Å². The summed E-state index contributed by atoms with van der Waals surface area (Å²) in [6.45, 7) is 4.10. The Hall–Kier alpha value is -4.39. The van der Waals surface area contributed by atoms with E-state index >= 15 is 0 Å². The van der Waals surface area contributed by atoms with Gasteiger partial charge in [-0.15, -0.1) is 0 Å². The number of anilines is 1. The van der Waals surface area contributed by atoms with Gasteiger partial charge in [-0.1, -0.05) is 62.4 Å². The lowest BCUT2D eigenvalue weighted by molar-refractivity contribution is -0.153. The highest BCUT2D eigenvalue weighted by atomic mass is 19.1. The molecule has 0 fully saturated rings. The van der Waals surface area contributed by atoms with Crippen LogP contribution in [-0.4, -0.2) is 66.1 Å². The van der Waals surface area contributed by atoms with Gasteiger partial charge in [-0.2, -0.15) is 0 Å². The molecule has 3 atom stereocenters. The van der Waals surface area contributed by atoms with Crippen LogP contribution in [0.25, 0.3) is 22.4 Å². The number of nitrogens with one attached hydrogen (secondary N) is 1. The van der Waals surface area contributed by atoms with Crippen LogP contribution in [-0.2, 0) is 11.3 Å². The largest absolute Gasteiger partial charge is 0.479 e. The fourth-order valence-electron chi connectivity index (χ4n) is 5.18. The minimum absolute atomic E-state index is 0. The second-order valence-electron chi connectivity index (χ2n) is 10.5. The van der Waals surface area contributed by atoms with Crippen LogP contribution in [0.15, 0.2) is 84.9 Å². The first kappa shape index (κ1) is 35.8. The summed E-state index contributed by atoms with van der Waals surface area (Å²) in [4.78, 5) is 25.1. The van der Waals surface area contributed by atoms with E-state index < -0.39 is 30.1 Å². The molecular weight excluding hydrogens is 571 g/mol. The molecule has 0 aliphatic rings. The standard InChI is InChI=1S/C33H35FN2O6.2H2O/c1-20(2)29-28(32(40)35-24-11-7-4-8-12-24)27(21-9-5-3-6-10-21)30(22-13-15-23(34)16-14-22)36(29)18-17-25(37)19-26(38)31(39)33(41)42;;/h3-16,20,25-26,31,37-39H,17-19H2,1-2H3,(H,35,40)(H,41,42);2*1H2/t25-,26-,31?;;/m0../s1. The van der Waals surface area contributed by atoms with Crippen molar-refractivity contribution in [2.75, 3.05) is 5.32 Å². The van der Waals surface area contributed by atoms with E-state index in [1.165, 1.54) is 12.1 Å². The molecule has 10 nitrogen and oxygen atoms in total. The fraction of sp³-hybridized carbons (Fsp3) is 0.273.